The van der Waals surface area contributed by atoms with E-state index in [1.165, 1.54) is 0 Å². The number of nitrogens with zero attached hydrogens (tertiary/aromatic N) is 2. The normalized spacial score (nSPS) is 12.0. The number of guanidine groups is 1. The van der Waals surface area contributed by atoms with Gasteiger partial charge in [0.2, 0.25) is 0 Å². The van der Waals surface area contributed by atoms with Crippen molar-refractivity contribution in [3.05, 3.63) is 29.8 Å². The molecule has 0 amide bonds. The second kappa shape index (κ2) is 10.7. The largest absolute Gasteiger partial charge is 0.494 e. The summed E-state index contributed by atoms with van der Waals surface area (Å²) in [6, 6.07) is 8.01. The van der Waals surface area contributed by atoms with Crippen molar-refractivity contribution in [2.75, 3.05) is 27.2 Å². The van der Waals surface area contributed by atoms with Crippen LogP contribution in [0.15, 0.2) is 29.3 Å². The van der Waals surface area contributed by atoms with Gasteiger partial charge in [-0.25, -0.2) is 4.99 Å². The predicted molar refractivity (Wildman–Crippen MR) is 109 cm³/mol. The Kier molecular flexibility index (Phi) is 10.2. The van der Waals surface area contributed by atoms with Crippen molar-refractivity contribution in [1.29, 1.82) is 0 Å². The number of halogens is 1. The molecule has 1 aromatic carbocycles. The van der Waals surface area contributed by atoms with Gasteiger partial charge >= 0.3 is 0 Å². The SMILES string of the molecule is CN(C)CCCOc1ccc(CN=C(N)NC(C)(C)C)cc1.I. The third-order valence-corrected chi connectivity index (χ3v) is 2.88. The number of hydrogen-bond acceptors (Lipinski definition) is 3. The number of aliphatic imine (C=N–C) groups is 1. The molecule has 1 rings (SSSR count). The smallest absolute Gasteiger partial charge is 0.189 e. The van der Waals surface area contributed by atoms with Crippen molar-refractivity contribution < 1.29 is 4.74 Å². The van der Waals surface area contributed by atoms with E-state index in [2.05, 4.69) is 50.1 Å². The third-order valence-electron chi connectivity index (χ3n) is 2.88. The molecule has 6 heteroatoms. The summed E-state index contributed by atoms with van der Waals surface area (Å²) < 4.78 is 5.70. The number of nitrogens with one attached hydrogen (secondary N) is 1. The fourth-order valence-corrected chi connectivity index (χ4v) is 1.86. The van der Waals surface area contributed by atoms with E-state index in [1.54, 1.807) is 0 Å². The molecule has 0 aliphatic rings. The predicted octanol–water partition coefficient (Wildman–Crippen LogP) is 2.84. The van der Waals surface area contributed by atoms with E-state index in [0.29, 0.717) is 12.5 Å². The van der Waals surface area contributed by atoms with Crippen LogP contribution in [0.25, 0.3) is 0 Å². The van der Waals surface area contributed by atoms with Gasteiger partial charge in [-0.3, -0.25) is 0 Å². The Morgan fingerprint density at radius 2 is 1.83 bits per heavy atom. The van der Waals surface area contributed by atoms with Gasteiger partial charge < -0.3 is 20.7 Å². The van der Waals surface area contributed by atoms with Gasteiger partial charge in [0.05, 0.1) is 13.2 Å². The fraction of sp³-hybridized carbons (Fsp3) is 0.588. The van der Waals surface area contributed by atoms with Gasteiger partial charge in [0.25, 0.3) is 0 Å². The molecule has 0 aliphatic carbocycles. The highest BCUT2D eigenvalue weighted by Crippen LogP contribution is 2.13. The zero-order valence-electron chi connectivity index (χ0n) is 14.9. The van der Waals surface area contributed by atoms with Crippen molar-refractivity contribution in [2.45, 2.75) is 39.3 Å². The molecule has 1 aromatic rings. The molecule has 0 bridgehead atoms. The summed E-state index contributed by atoms with van der Waals surface area (Å²) in [7, 11) is 4.13. The summed E-state index contributed by atoms with van der Waals surface area (Å²) >= 11 is 0. The first-order valence-corrected chi connectivity index (χ1v) is 7.71. The maximum atomic E-state index is 5.85. The van der Waals surface area contributed by atoms with Crippen LogP contribution < -0.4 is 15.8 Å². The van der Waals surface area contributed by atoms with Crippen LogP contribution in [-0.2, 0) is 6.54 Å². The van der Waals surface area contributed by atoms with Gasteiger partial charge in [0.15, 0.2) is 5.96 Å². The second-order valence-corrected chi connectivity index (χ2v) is 6.73. The van der Waals surface area contributed by atoms with Crippen LogP contribution in [0.4, 0.5) is 0 Å². The average Bonchev–Trinajstić information content (AvgIpc) is 2.40. The molecule has 132 valence electrons. The second-order valence-electron chi connectivity index (χ2n) is 6.73. The minimum atomic E-state index is -0.0716. The Bertz CT molecular complexity index is 466. The van der Waals surface area contributed by atoms with E-state index in [4.69, 9.17) is 10.5 Å². The first-order valence-electron chi connectivity index (χ1n) is 7.71. The summed E-state index contributed by atoms with van der Waals surface area (Å²) in [5, 5.41) is 3.14. The molecular weight excluding hydrogens is 403 g/mol. The van der Waals surface area contributed by atoms with E-state index < -0.39 is 0 Å². The molecule has 0 atom stereocenters. The van der Waals surface area contributed by atoms with Crippen LogP contribution in [-0.4, -0.2) is 43.6 Å². The Morgan fingerprint density at radius 3 is 2.35 bits per heavy atom. The van der Waals surface area contributed by atoms with Crippen LogP contribution in [0.3, 0.4) is 0 Å². The molecule has 0 saturated carbocycles. The first kappa shape index (κ1) is 22.0. The van der Waals surface area contributed by atoms with E-state index in [-0.39, 0.29) is 29.5 Å². The van der Waals surface area contributed by atoms with Crippen LogP contribution in [0.5, 0.6) is 5.75 Å². The molecular formula is C17H31IN4O. The molecule has 0 unspecified atom stereocenters. The van der Waals surface area contributed by atoms with Gasteiger partial charge in [-0.05, 0) is 59.0 Å². The highest BCUT2D eigenvalue weighted by molar-refractivity contribution is 14.0. The number of hydrogen-bond donors (Lipinski definition) is 2. The van der Waals surface area contributed by atoms with Crippen molar-refractivity contribution in [3.63, 3.8) is 0 Å². The minimum Gasteiger partial charge on any atom is -0.494 e. The topological polar surface area (TPSA) is 62.9 Å². The Hall–Kier alpha value is -1.02. The molecule has 0 aliphatic heterocycles. The lowest BCUT2D eigenvalue weighted by molar-refractivity contribution is 0.281. The van der Waals surface area contributed by atoms with E-state index in [9.17, 15) is 0 Å². The number of nitrogens with two attached hydrogens (primary N) is 1. The highest BCUT2D eigenvalue weighted by atomic mass is 127. The molecule has 0 spiro atoms. The maximum absolute atomic E-state index is 5.85. The molecule has 0 saturated heterocycles. The Balaban J connectivity index is 0.00000484. The van der Waals surface area contributed by atoms with Crippen LogP contribution in [0, 0.1) is 0 Å². The summed E-state index contributed by atoms with van der Waals surface area (Å²) in [5.41, 5.74) is 6.89. The summed E-state index contributed by atoms with van der Waals surface area (Å²) in [5.74, 6) is 1.36. The molecule has 23 heavy (non-hydrogen) atoms. The zero-order chi connectivity index (χ0) is 16.6. The van der Waals surface area contributed by atoms with Crippen LogP contribution in [0.2, 0.25) is 0 Å². The molecule has 0 aromatic heterocycles. The van der Waals surface area contributed by atoms with Gasteiger partial charge in [-0.15, -0.1) is 24.0 Å². The molecule has 0 radical (unpaired) electrons. The average molecular weight is 434 g/mol. The van der Waals surface area contributed by atoms with Crippen LogP contribution >= 0.6 is 24.0 Å². The lowest BCUT2D eigenvalue weighted by Gasteiger charge is -2.20. The number of benzene rings is 1. The number of rotatable bonds is 7. The quantitative estimate of drug-likeness (QED) is 0.300. The lowest BCUT2D eigenvalue weighted by Crippen LogP contribution is -2.44. The number of ether oxygens (including phenoxy) is 1. The third kappa shape index (κ3) is 11.2. The van der Waals surface area contributed by atoms with Crippen molar-refractivity contribution in [1.82, 2.24) is 10.2 Å². The fourth-order valence-electron chi connectivity index (χ4n) is 1.86. The van der Waals surface area contributed by atoms with Crippen molar-refractivity contribution in [2.24, 2.45) is 10.7 Å². The van der Waals surface area contributed by atoms with Crippen molar-refractivity contribution in [3.8, 4) is 5.75 Å². The molecule has 5 nitrogen and oxygen atoms in total. The molecule has 0 heterocycles. The standard InChI is InChI=1S/C17H30N4O.HI/c1-17(2,3)20-16(18)19-13-14-7-9-15(10-8-14)22-12-6-11-21(4)5;/h7-10H,6,11-13H2,1-5H3,(H3,18,19,20);1H. The highest BCUT2D eigenvalue weighted by Gasteiger charge is 2.09. The first-order chi connectivity index (χ1) is 10.3. The van der Waals surface area contributed by atoms with Gasteiger partial charge in [0.1, 0.15) is 5.75 Å². The Morgan fingerprint density at radius 1 is 1.22 bits per heavy atom. The Labute approximate surface area is 157 Å². The maximum Gasteiger partial charge on any atom is 0.189 e. The van der Waals surface area contributed by atoms with Crippen molar-refractivity contribution >= 4 is 29.9 Å². The summed E-state index contributed by atoms with van der Waals surface area (Å²) in [6.07, 6.45) is 1.02. The monoisotopic (exact) mass is 434 g/mol. The molecule has 3 N–H and O–H groups in total. The van der Waals surface area contributed by atoms with E-state index >= 15 is 0 Å². The lowest BCUT2D eigenvalue weighted by atomic mass is 10.1. The molecule has 0 fully saturated rings. The summed E-state index contributed by atoms with van der Waals surface area (Å²) in [6.45, 7) is 8.49. The van der Waals surface area contributed by atoms with Gasteiger partial charge in [0, 0.05) is 12.1 Å². The zero-order valence-corrected chi connectivity index (χ0v) is 17.3. The minimum absolute atomic E-state index is 0. The van der Waals surface area contributed by atoms with Gasteiger partial charge in [-0.1, -0.05) is 12.1 Å². The van der Waals surface area contributed by atoms with Gasteiger partial charge in [-0.2, -0.15) is 0 Å². The van der Waals surface area contributed by atoms with E-state index in [0.717, 1.165) is 30.9 Å². The van der Waals surface area contributed by atoms with E-state index in [1.807, 2.05) is 24.3 Å². The van der Waals surface area contributed by atoms with Crippen LogP contribution in [0.1, 0.15) is 32.8 Å². The summed E-state index contributed by atoms with van der Waals surface area (Å²) in [4.78, 5) is 6.49.